The minimum Gasteiger partial charge on any atom is -0.302 e. The molecular formula is C19H20FN3OS2. The van der Waals surface area contributed by atoms with Crippen LogP contribution >= 0.6 is 22.7 Å². The average molecular weight is 390 g/mol. The van der Waals surface area contributed by atoms with E-state index in [1.165, 1.54) is 23.5 Å². The van der Waals surface area contributed by atoms with Crippen molar-refractivity contribution in [3.8, 4) is 0 Å². The van der Waals surface area contributed by atoms with Gasteiger partial charge in [-0.25, -0.2) is 14.4 Å². The van der Waals surface area contributed by atoms with E-state index in [4.69, 9.17) is 0 Å². The first-order chi connectivity index (χ1) is 12.5. The summed E-state index contributed by atoms with van der Waals surface area (Å²) in [5, 5.41) is 3.86. The van der Waals surface area contributed by atoms with Crippen LogP contribution in [0.5, 0.6) is 0 Å². The van der Waals surface area contributed by atoms with Crippen molar-refractivity contribution in [1.29, 1.82) is 0 Å². The molecule has 4 nitrogen and oxygen atoms in total. The van der Waals surface area contributed by atoms with E-state index < -0.39 is 0 Å². The molecule has 0 unspecified atom stereocenters. The van der Waals surface area contributed by atoms with Crippen LogP contribution < -0.4 is 4.90 Å². The maximum absolute atomic E-state index is 13.3. The minimum absolute atomic E-state index is 0.125. The Kier molecular flexibility index (Phi) is 5.78. The number of amides is 1. The maximum Gasteiger partial charge on any atom is 0.270 e. The molecule has 0 radical (unpaired) electrons. The summed E-state index contributed by atoms with van der Waals surface area (Å²) >= 11 is 2.99. The minimum atomic E-state index is -0.329. The zero-order chi connectivity index (χ0) is 18.7. The van der Waals surface area contributed by atoms with E-state index in [1.54, 1.807) is 28.4 Å². The number of hydrogen-bond donors (Lipinski definition) is 0. The largest absolute Gasteiger partial charge is 0.302 e. The van der Waals surface area contributed by atoms with Gasteiger partial charge in [0.15, 0.2) is 0 Å². The second-order valence-electron chi connectivity index (χ2n) is 6.00. The standard InChI is InChI=1S/C19H20FN3OS2/c1-4-5-17-21-12(2)18(26-17)19(24)23(10-15-11-25-13(3)22-15)16-8-6-14(20)7-9-16/h6-9,11H,4-5,10H2,1-3H3. The number of aryl methyl sites for hydroxylation is 3. The number of rotatable bonds is 6. The number of halogens is 1. The molecule has 0 spiro atoms. The van der Waals surface area contributed by atoms with E-state index in [1.807, 2.05) is 19.2 Å². The fourth-order valence-corrected chi connectivity index (χ4v) is 4.36. The molecule has 0 fully saturated rings. The van der Waals surface area contributed by atoms with E-state index in [0.29, 0.717) is 17.1 Å². The van der Waals surface area contributed by atoms with Crippen molar-refractivity contribution in [1.82, 2.24) is 9.97 Å². The quantitative estimate of drug-likeness (QED) is 0.585. The lowest BCUT2D eigenvalue weighted by molar-refractivity contribution is 0.0988. The van der Waals surface area contributed by atoms with Crippen LogP contribution in [0.15, 0.2) is 29.6 Å². The van der Waals surface area contributed by atoms with Gasteiger partial charge in [0, 0.05) is 11.1 Å². The molecule has 0 saturated carbocycles. The Morgan fingerprint density at radius 1 is 1.19 bits per heavy atom. The molecule has 0 aliphatic heterocycles. The Hall–Kier alpha value is -2.12. The molecular weight excluding hydrogens is 369 g/mol. The zero-order valence-electron chi connectivity index (χ0n) is 15.0. The van der Waals surface area contributed by atoms with Crippen LogP contribution in [0.3, 0.4) is 0 Å². The third-order valence-corrected chi connectivity index (χ3v) is 5.90. The van der Waals surface area contributed by atoms with Gasteiger partial charge in [0.25, 0.3) is 5.91 Å². The highest BCUT2D eigenvalue weighted by atomic mass is 32.1. The molecule has 0 aliphatic carbocycles. The number of aromatic nitrogens is 2. The Balaban J connectivity index is 1.96. The number of nitrogens with zero attached hydrogens (tertiary/aromatic N) is 3. The molecule has 0 aliphatic rings. The fraction of sp³-hybridized carbons (Fsp3) is 0.316. The lowest BCUT2D eigenvalue weighted by atomic mass is 10.2. The highest BCUT2D eigenvalue weighted by Crippen LogP contribution is 2.26. The topological polar surface area (TPSA) is 46.1 Å². The molecule has 1 aromatic carbocycles. The fourth-order valence-electron chi connectivity index (χ4n) is 2.64. The molecule has 0 saturated heterocycles. The van der Waals surface area contributed by atoms with Gasteiger partial charge in [-0.1, -0.05) is 6.92 Å². The monoisotopic (exact) mass is 389 g/mol. The first-order valence-electron chi connectivity index (χ1n) is 8.42. The molecule has 3 aromatic rings. The Bertz CT molecular complexity index is 902. The molecule has 1 amide bonds. The lowest BCUT2D eigenvalue weighted by Gasteiger charge is -2.21. The smallest absolute Gasteiger partial charge is 0.270 e. The molecule has 2 aromatic heterocycles. The Morgan fingerprint density at radius 3 is 2.54 bits per heavy atom. The highest BCUT2D eigenvalue weighted by Gasteiger charge is 2.24. The van der Waals surface area contributed by atoms with Crippen LogP contribution in [0.4, 0.5) is 10.1 Å². The summed E-state index contributed by atoms with van der Waals surface area (Å²) in [6.45, 7) is 6.23. The number of thiazole rings is 2. The van der Waals surface area contributed by atoms with E-state index in [2.05, 4.69) is 16.9 Å². The van der Waals surface area contributed by atoms with Gasteiger partial charge in [-0.15, -0.1) is 22.7 Å². The second-order valence-corrected chi connectivity index (χ2v) is 8.14. The van der Waals surface area contributed by atoms with E-state index in [9.17, 15) is 9.18 Å². The van der Waals surface area contributed by atoms with Crippen molar-refractivity contribution in [2.75, 3.05) is 4.90 Å². The predicted molar refractivity (Wildman–Crippen MR) is 105 cm³/mol. The predicted octanol–water partition coefficient (Wildman–Crippen LogP) is 5.16. The molecule has 0 bridgehead atoms. The van der Waals surface area contributed by atoms with Crippen LogP contribution in [0.25, 0.3) is 0 Å². The van der Waals surface area contributed by atoms with E-state index >= 15 is 0 Å². The molecule has 0 N–H and O–H groups in total. The summed E-state index contributed by atoms with van der Waals surface area (Å²) in [5.74, 6) is -0.454. The molecule has 2 heterocycles. The maximum atomic E-state index is 13.3. The zero-order valence-corrected chi connectivity index (χ0v) is 16.6. The summed E-state index contributed by atoms with van der Waals surface area (Å²) in [7, 11) is 0. The van der Waals surface area contributed by atoms with Gasteiger partial charge >= 0.3 is 0 Å². The van der Waals surface area contributed by atoms with Gasteiger partial charge < -0.3 is 4.90 Å². The van der Waals surface area contributed by atoms with Crippen molar-refractivity contribution in [2.45, 2.75) is 40.2 Å². The van der Waals surface area contributed by atoms with Crippen molar-refractivity contribution in [3.63, 3.8) is 0 Å². The highest BCUT2D eigenvalue weighted by molar-refractivity contribution is 7.14. The van der Waals surface area contributed by atoms with Gasteiger partial charge in [0.1, 0.15) is 10.7 Å². The molecule has 7 heteroatoms. The van der Waals surface area contributed by atoms with Gasteiger partial charge in [-0.3, -0.25) is 4.79 Å². The van der Waals surface area contributed by atoms with Crippen molar-refractivity contribution >= 4 is 34.3 Å². The van der Waals surface area contributed by atoms with Gasteiger partial charge in [-0.05, 0) is 51.0 Å². The first-order valence-corrected chi connectivity index (χ1v) is 10.1. The van der Waals surface area contributed by atoms with E-state index in [-0.39, 0.29) is 11.7 Å². The van der Waals surface area contributed by atoms with Crippen molar-refractivity contribution in [3.05, 3.63) is 61.7 Å². The SMILES string of the molecule is CCCc1nc(C)c(C(=O)N(Cc2csc(C)n2)c2ccc(F)cc2)s1. The summed E-state index contributed by atoms with van der Waals surface area (Å²) < 4.78 is 13.3. The normalized spacial score (nSPS) is 10.9. The summed E-state index contributed by atoms with van der Waals surface area (Å²) in [5.41, 5.74) is 2.21. The second kappa shape index (κ2) is 8.05. The number of carbonyl (C=O) groups is 1. The molecule has 136 valence electrons. The van der Waals surface area contributed by atoms with Crippen LogP contribution in [0, 0.1) is 19.7 Å². The Morgan fingerprint density at radius 2 is 1.92 bits per heavy atom. The van der Waals surface area contributed by atoms with Crippen LogP contribution in [-0.4, -0.2) is 15.9 Å². The van der Waals surface area contributed by atoms with Gasteiger partial charge in [-0.2, -0.15) is 0 Å². The number of benzene rings is 1. The third kappa shape index (κ3) is 4.16. The van der Waals surface area contributed by atoms with Gasteiger partial charge in [0.2, 0.25) is 0 Å². The van der Waals surface area contributed by atoms with E-state index in [0.717, 1.165) is 34.2 Å². The molecule has 3 rings (SSSR count). The summed E-state index contributed by atoms with van der Waals surface area (Å²) in [6.07, 6.45) is 1.85. The third-order valence-electron chi connectivity index (χ3n) is 3.87. The van der Waals surface area contributed by atoms with Crippen LogP contribution in [-0.2, 0) is 13.0 Å². The average Bonchev–Trinajstić information content (AvgIpc) is 3.19. The molecule has 26 heavy (non-hydrogen) atoms. The van der Waals surface area contributed by atoms with Crippen molar-refractivity contribution in [2.24, 2.45) is 0 Å². The first kappa shape index (κ1) is 18.7. The lowest BCUT2D eigenvalue weighted by Crippen LogP contribution is -2.30. The number of hydrogen-bond acceptors (Lipinski definition) is 5. The number of carbonyl (C=O) groups excluding carboxylic acids is 1. The van der Waals surface area contributed by atoms with Crippen LogP contribution in [0.2, 0.25) is 0 Å². The molecule has 0 atom stereocenters. The van der Waals surface area contributed by atoms with Gasteiger partial charge in [0.05, 0.1) is 27.9 Å². The summed E-state index contributed by atoms with van der Waals surface area (Å²) in [4.78, 5) is 24.5. The van der Waals surface area contributed by atoms with Crippen LogP contribution in [0.1, 0.15) is 44.4 Å². The Labute approximate surface area is 160 Å². The summed E-state index contributed by atoms with van der Waals surface area (Å²) in [6, 6.07) is 5.97. The van der Waals surface area contributed by atoms with Crippen molar-refractivity contribution < 1.29 is 9.18 Å². The number of anilines is 1.